The molecule has 0 unspecified atom stereocenters. The molecule has 2 aromatic carbocycles. The van der Waals surface area contributed by atoms with Crippen molar-refractivity contribution in [2.75, 3.05) is 12.3 Å². The van der Waals surface area contributed by atoms with Gasteiger partial charge in [0.15, 0.2) is 9.84 Å². The average molecular weight is 361 g/mol. The predicted octanol–water partition coefficient (Wildman–Crippen LogP) is 2.84. The van der Waals surface area contributed by atoms with Crippen molar-refractivity contribution in [3.63, 3.8) is 0 Å². The van der Waals surface area contributed by atoms with E-state index in [0.717, 1.165) is 18.4 Å². The fraction of sp³-hybridized carbons (Fsp3) is 0.316. The molecule has 0 bridgehead atoms. The normalized spacial score (nSPS) is 15.6. The van der Waals surface area contributed by atoms with E-state index in [0.29, 0.717) is 6.54 Å². The molecule has 132 valence electrons. The Hall–Kier alpha value is -2.21. The Kier molecular flexibility index (Phi) is 4.90. The van der Waals surface area contributed by atoms with E-state index < -0.39 is 9.84 Å². The fourth-order valence-electron chi connectivity index (χ4n) is 2.85. The van der Waals surface area contributed by atoms with E-state index >= 15 is 0 Å². The second-order valence-corrected chi connectivity index (χ2v) is 8.56. The highest BCUT2D eigenvalue weighted by atomic mass is 32.2. The smallest absolute Gasteiger partial charge is 0.221 e. The number of nitrogens with one attached hydrogen (secondary N) is 1. The number of benzene rings is 2. The summed E-state index contributed by atoms with van der Waals surface area (Å²) in [6.07, 6.45) is 1.79. The number of sulfone groups is 1. The molecule has 1 aliphatic rings. The number of amides is 1. The SMILES string of the molecule is O=C(CCS(=O)(=O)c1ccccc1)NCC1(c2ccc(F)cc2)CC1. The van der Waals surface area contributed by atoms with Gasteiger partial charge in [-0.1, -0.05) is 30.3 Å². The number of hydrogen-bond donors (Lipinski definition) is 1. The summed E-state index contributed by atoms with van der Waals surface area (Å²) < 4.78 is 37.4. The van der Waals surface area contributed by atoms with E-state index in [2.05, 4.69) is 5.32 Å². The van der Waals surface area contributed by atoms with Crippen LogP contribution in [0.2, 0.25) is 0 Å². The van der Waals surface area contributed by atoms with Gasteiger partial charge in [0.2, 0.25) is 5.91 Å². The maximum absolute atomic E-state index is 13.0. The van der Waals surface area contributed by atoms with E-state index in [1.165, 1.54) is 24.3 Å². The van der Waals surface area contributed by atoms with Crippen LogP contribution in [-0.2, 0) is 20.0 Å². The molecule has 0 heterocycles. The molecule has 1 saturated carbocycles. The van der Waals surface area contributed by atoms with Crippen LogP contribution < -0.4 is 5.32 Å². The molecule has 0 aliphatic heterocycles. The van der Waals surface area contributed by atoms with E-state index in [1.54, 1.807) is 30.3 Å². The molecule has 1 aliphatic carbocycles. The van der Waals surface area contributed by atoms with Gasteiger partial charge in [0.05, 0.1) is 10.6 Å². The van der Waals surface area contributed by atoms with Crippen LogP contribution in [0, 0.1) is 5.82 Å². The molecular formula is C19H20FNO3S. The quantitative estimate of drug-likeness (QED) is 0.825. The molecule has 0 aromatic heterocycles. The first-order chi connectivity index (χ1) is 11.9. The van der Waals surface area contributed by atoms with Crippen LogP contribution >= 0.6 is 0 Å². The van der Waals surface area contributed by atoms with Crippen molar-refractivity contribution in [2.24, 2.45) is 0 Å². The van der Waals surface area contributed by atoms with Gasteiger partial charge in [-0.05, 0) is 42.7 Å². The highest BCUT2D eigenvalue weighted by molar-refractivity contribution is 7.91. The largest absolute Gasteiger partial charge is 0.355 e. The number of carbonyl (C=O) groups excluding carboxylic acids is 1. The lowest BCUT2D eigenvalue weighted by molar-refractivity contribution is -0.120. The van der Waals surface area contributed by atoms with E-state index in [-0.39, 0.29) is 34.2 Å². The lowest BCUT2D eigenvalue weighted by atomic mass is 9.96. The van der Waals surface area contributed by atoms with Gasteiger partial charge in [0.1, 0.15) is 5.82 Å². The second-order valence-electron chi connectivity index (χ2n) is 6.45. The molecular weight excluding hydrogens is 341 g/mol. The molecule has 0 spiro atoms. The minimum Gasteiger partial charge on any atom is -0.355 e. The Morgan fingerprint density at radius 1 is 1.04 bits per heavy atom. The highest BCUT2D eigenvalue weighted by Gasteiger charge is 2.44. The molecule has 0 atom stereocenters. The minimum atomic E-state index is -3.45. The summed E-state index contributed by atoms with van der Waals surface area (Å²) in [5.74, 6) is -0.783. The monoisotopic (exact) mass is 361 g/mol. The predicted molar refractivity (Wildman–Crippen MR) is 93.4 cm³/mol. The summed E-state index contributed by atoms with van der Waals surface area (Å²) in [6.45, 7) is 0.447. The molecule has 0 saturated heterocycles. The fourth-order valence-corrected chi connectivity index (χ4v) is 4.11. The van der Waals surface area contributed by atoms with Crippen LogP contribution in [0.3, 0.4) is 0 Å². The molecule has 25 heavy (non-hydrogen) atoms. The zero-order valence-corrected chi connectivity index (χ0v) is 14.6. The van der Waals surface area contributed by atoms with Crippen LogP contribution in [0.5, 0.6) is 0 Å². The number of halogens is 1. The third kappa shape index (κ3) is 4.25. The standard InChI is InChI=1S/C19H20FNO3S/c20-16-8-6-15(7-9-16)19(11-12-19)14-21-18(22)10-13-25(23,24)17-4-2-1-3-5-17/h1-9H,10-14H2,(H,21,22). The van der Waals surface area contributed by atoms with Gasteiger partial charge in [-0.3, -0.25) is 4.79 Å². The van der Waals surface area contributed by atoms with Crippen LogP contribution in [0.25, 0.3) is 0 Å². The number of hydrogen-bond acceptors (Lipinski definition) is 3. The Morgan fingerprint density at radius 3 is 2.28 bits per heavy atom. The minimum absolute atomic E-state index is 0.0727. The van der Waals surface area contributed by atoms with Crippen LogP contribution in [0.15, 0.2) is 59.5 Å². The number of rotatable bonds is 7. The summed E-state index contributed by atoms with van der Waals surface area (Å²) in [6, 6.07) is 14.5. The molecule has 1 amide bonds. The summed E-state index contributed by atoms with van der Waals surface area (Å²) in [5, 5.41) is 2.83. The second kappa shape index (κ2) is 6.96. The summed E-state index contributed by atoms with van der Waals surface area (Å²) in [4.78, 5) is 12.3. The highest BCUT2D eigenvalue weighted by Crippen LogP contribution is 2.47. The van der Waals surface area contributed by atoms with Gasteiger partial charge in [-0.25, -0.2) is 12.8 Å². The van der Waals surface area contributed by atoms with Crippen molar-refractivity contribution in [1.82, 2.24) is 5.32 Å². The van der Waals surface area contributed by atoms with Gasteiger partial charge in [-0.2, -0.15) is 0 Å². The van der Waals surface area contributed by atoms with Crippen LogP contribution in [0.1, 0.15) is 24.8 Å². The van der Waals surface area contributed by atoms with Gasteiger partial charge in [0, 0.05) is 18.4 Å². The van der Waals surface area contributed by atoms with Crippen molar-refractivity contribution in [3.8, 4) is 0 Å². The Labute approximate surface area is 147 Å². The number of carbonyl (C=O) groups is 1. The molecule has 1 fully saturated rings. The summed E-state index contributed by atoms with van der Waals surface area (Å²) >= 11 is 0. The van der Waals surface area contributed by atoms with E-state index in [4.69, 9.17) is 0 Å². The zero-order valence-electron chi connectivity index (χ0n) is 13.7. The molecule has 6 heteroatoms. The Bertz CT molecular complexity index is 844. The first-order valence-corrected chi connectivity index (χ1v) is 9.87. The Morgan fingerprint density at radius 2 is 1.68 bits per heavy atom. The van der Waals surface area contributed by atoms with Gasteiger partial charge >= 0.3 is 0 Å². The van der Waals surface area contributed by atoms with Gasteiger partial charge in [-0.15, -0.1) is 0 Å². The first kappa shape index (κ1) is 17.6. The van der Waals surface area contributed by atoms with E-state index in [9.17, 15) is 17.6 Å². The van der Waals surface area contributed by atoms with Gasteiger partial charge < -0.3 is 5.32 Å². The first-order valence-electron chi connectivity index (χ1n) is 8.22. The molecule has 3 rings (SSSR count). The summed E-state index contributed by atoms with van der Waals surface area (Å²) in [7, 11) is -3.45. The van der Waals surface area contributed by atoms with Crippen molar-refractivity contribution in [2.45, 2.75) is 29.6 Å². The van der Waals surface area contributed by atoms with Crippen LogP contribution in [-0.4, -0.2) is 26.6 Å². The third-order valence-corrected chi connectivity index (χ3v) is 6.37. The average Bonchev–Trinajstić information content (AvgIpc) is 3.41. The van der Waals surface area contributed by atoms with Gasteiger partial charge in [0.25, 0.3) is 0 Å². The van der Waals surface area contributed by atoms with Crippen molar-refractivity contribution < 1.29 is 17.6 Å². The topological polar surface area (TPSA) is 63.2 Å². The third-order valence-electron chi connectivity index (χ3n) is 4.63. The van der Waals surface area contributed by atoms with Crippen molar-refractivity contribution in [3.05, 3.63) is 66.0 Å². The van der Waals surface area contributed by atoms with E-state index in [1.807, 2.05) is 0 Å². The maximum Gasteiger partial charge on any atom is 0.221 e. The Balaban J connectivity index is 1.53. The van der Waals surface area contributed by atoms with Crippen molar-refractivity contribution in [1.29, 1.82) is 0 Å². The molecule has 0 radical (unpaired) electrons. The summed E-state index contributed by atoms with van der Waals surface area (Å²) in [5.41, 5.74) is 0.868. The lowest BCUT2D eigenvalue weighted by Gasteiger charge is -2.16. The maximum atomic E-state index is 13.0. The van der Waals surface area contributed by atoms with Crippen LogP contribution in [0.4, 0.5) is 4.39 Å². The van der Waals surface area contributed by atoms with Crippen molar-refractivity contribution >= 4 is 15.7 Å². The molecule has 4 nitrogen and oxygen atoms in total. The molecule has 2 aromatic rings. The zero-order chi connectivity index (χ0) is 17.9. The molecule has 1 N–H and O–H groups in total. The lowest BCUT2D eigenvalue weighted by Crippen LogP contribution is -2.33.